The van der Waals surface area contributed by atoms with E-state index in [1.54, 1.807) is 6.08 Å². The zero-order chi connectivity index (χ0) is 13.0. The monoisotopic (exact) mass is 246 g/mol. The van der Waals surface area contributed by atoms with Crippen LogP contribution in [0.5, 0.6) is 5.75 Å². The Labute approximate surface area is 107 Å². The molecule has 0 heterocycles. The van der Waals surface area contributed by atoms with Gasteiger partial charge in [0.2, 0.25) is 0 Å². The minimum absolute atomic E-state index is 0.0462. The van der Waals surface area contributed by atoms with Crippen molar-refractivity contribution in [3.63, 3.8) is 0 Å². The summed E-state index contributed by atoms with van der Waals surface area (Å²) in [5.41, 5.74) is 1.18. The first-order valence-corrected chi connectivity index (χ1v) is 6.26. The van der Waals surface area contributed by atoms with Gasteiger partial charge in [-0.05, 0) is 37.0 Å². The lowest BCUT2D eigenvalue weighted by atomic mass is 10.1. The Balaban J connectivity index is 1.91. The number of hydrogen-bond acceptors (Lipinski definition) is 3. The first-order chi connectivity index (χ1) is 8.76. The van der Waals surface area contributed by atoms with Gasteiger partial charge in [-0.25, -0.2) is 0 Å². The fraction of sp³-hybridized carbons (Fsp3) is 0.400. The molecule has 1 saturated carbocycles. The van der Waals surface area contributed by atoms with Crippen molar-refractivity contribution >= 4 is 5.97 Å². The van der Waals surface area contributed by atoms with E-state index in [4.69, 9.17) is 9.47 Å². The van der Waals surface area contributed by atoms with Crippen molar-refractivity contribution in [2.45, 2.75) is 19.3 Å². The molecular weight excluding hydrogens is 228 g/mol. The van der Waals surface area contributed by atoms with Gasteiger partial charge in [-0.1, -0.05) is 24.8 Å². The Bertz CT molecular complexity index is 422. The van der Waals surface area contributed by atoms with Gasteiger partial charge in [-0.15, -0.1) is 0 Å². The quantitative estimate of drug-likeness (QED) is 0.572. The van der Waals surface area contributed by atoms with E-state index in [9.17, 15) is 4.79 Å². The fourth-order valence-electron chi connectivity index (χ4n) is 2.04. The SMILES string of the molecule is C=CCOc1ccc(C2CC2C(=O)OCC)cc1. The van der Waals surface area contributed by atoms with Crippen LogP contribution in [0.4, 0.5) is 0 Å². The van der Waals surface area contributed by atoms with E-state index in [1.807, 2.05) is 31.2 Å². The molecule has 1 fully saturated rings. The molecule has 1 aliphatic carbocycles. The standard InChI is InChI=1S/C15H18O3/c1-3-9-18-12-7-5-11(6-8-12)13-10-14(13)15(16)17-4-2/h3,5-8,13-14H,1,4,9-10H2,2H3. The maximum absolute atomic E-state index is 11.5. The van der Waals surface area contributed by atoms with Crippen LogP contribution in [0.3, 0.4) is 0 Å². The molecular formula is C15H18O3. The molecule has 1 aromatic carbocycles. The first-order valence-electron chi connectivity index (χ1n) is 6.26. The molecule has 0 aromatic heterocycles. The van der Waals surface area contributed by atoms with Gasteiger partial charge in [0.1, 0.15) is 12.4 Å². The molecule has 0 saturated heterocycles. The molecule has 0 amide bonds. The van der Waals surface area contributed by atoms with Crippen molar-refractivity contribution in [2.75, 3.05) is 13.2 Å². The minimum atomic E-state index is -0.0746. The summed E-state index contributed by atoms with van der Waals surface area (Å²) in [6, 6.07) is 7.89. The Morgan fingerprint density at radius 2 is 2.17 bits per heavy atom. The zero-order valence-electron chi connectivity index (χ0n) is 10.6. The average Bonchev–Trinajstić information content (AvgIpc) is 3.17. The number of carbonyl (C=O) groups is 1. The Hall–Kier alpha value is -1.77. The number of carbonyl (C=O) groups excluding carboxylic acids is 1. The second-order valence-corrected chi connectivity index (χ2v) is 4.37. The molecule has 0 bridgehead atoms. The molecule has 18 heavy (non-hydrogen) atoms. The van der Waals surface area contributed by atoms with Crippen LogP contribution in [-0.4, -0.2) is 19.2 Å². The molecule has 2 rings (SSSR count). The summed E-state index contributed by atoms with van der Waals surface area (Å²) in [5, 5.41) is 0. The van der Waals surface area contributed by atoms with Gasteiger partial charge < -0.3 is 9.47 Å². The molecule has 0 spiro atoms. The normalized spacial score (nSPS) is 21.2. The molecule has 0 N–H and O–H groups in total. The number of rotatable bonds is 6. The van der Waals surface area contributed by atoms with Gasteiger partial charge >= 0.3 is 5.97 Å². The van der Waals surface area contributed by atoms with E-state index >= 15 is 0 Å². The molecule has 1 aromatic rings. The predicted octanol–water partition coefficient (Wildman–Crippen LogP) is 2.92. The van der Waals surface area contributed by atoms with Crippen LogP contribution in [0, 0.1) is 5.92 Å². The summed E-state index contributed by atoms with van der Waals surface area (Å²) in [7, 11) is 0. The van der Waals surface area contributed by atoms with Crippen molar-refractivity contribution in [3.8, 4) is 5.75 Å². The molecule has 2 unspecified atom stereocenters. The van der Waals surface area contributed by atoms with E-state index in [2.05, 4.69) is 6.58 Å². The number of benzene rings is 1. The van der Waals surface area contributed by atoms with Crippen LogP contribution in [0.15, 0.2) is 36.9 Å². The summed E-state index contributed by atoms with van der Waals surface area (Å²) in [4.78, 5) is 11.5. The largest absolute Gasteiger partial charge is 0.490 e. The van der Waals surface area contributed by atoms with Crippen molar-refractivity contribution in [1.82, 2.24) is 0 Å². The van der Waals surface area contributed by atoms with Gasteiger partial charge in [-0.3, -0.25) is 4.79 Å². The van der Waals surface area contributed by atoms with E-state index < -0.39 is 0 Å². The lowest BCUT2D eigenvalue weighted by molar-refractivity contribution is -0.144. The Morgan fingerprint density at radius 3 is 2.78 bits per heavy atom. The number of ether oxygens (including phenoxy) is 2. The molecule has 3 heteroatoms. The van der Waals surface area contributed by atoms with Crippen LogP contribution >= 0.6 is 0 Å². The van der Waals surface area contributed by atoms with Crippen molar-refractivity contribution < 1.29 is 14.3 Å². The molecule has 2 atom stereocenters. The molecule has 0 aliphatic heterocycles. The van der Waals surface area contributed by atoms with Gasteiger partial charge in [0.25, 0.3) is 0 Å². The third kappa shape index (κ3) is 2.92. The second kappa shape index (κ2) is 5.71. The van der Waals surface area contributed by atoms with Gasteiger partial charge in [-0.2, -0.15) is 0 Å². The lowest BCUT2D eigenvalue weighted by Gasteiger charge is -2.05. The fourth-order valence-corrected chi connectivity index (χ4v) is 2.04. The van der Waals surface area contributed by atoms with Crippen LogP contribution in [-0.2, 0) is 9.53 Å². The summed E-state index contributed by atoms with van der Waals surface area (Å²) in [6.07, 6.45) is 2.61. The van der Waals surface area contributed by atoms with Gasteiger partial charge in [0.05, 0.1) is 12.5 Å². The van der Waals surface area contributed by atoms with Gasteiger partial charge in [0, 0.05) is 0 Å². The smallest absolute Gasteiger partial charge is 0.309 e. The van der Waals surface area contributed by atoms with E-state index in [0.717, 1.165) is 12.2 Å². The zero-order valence-corrected chi connectivity index (χ0v) is 10.6. The average molecular weight is 246 g/mol. The predicted molar refractivity (Wildman–Crippen MR) is 69.6 cm³/mol. The van der Waals surface area contributed by atoms with Gasteiger partial charge in [0.15, 0.2) is 0 Å². The Kier molecular flexibility index (Phi) is 4.03. The molecule has 3 nitrogen and oxygen atoms in total. The molecule has 0 radical (unpaired) electrons. The van der Waals surface area contributed by atoms with Crippen LogP contribution in [0.25, 0.3) is 0 Å². The maximum atomic E-state index is 11.5. The van der Waals surface area contributed by atoms with Crippen molar-refractivity contribution in [3.05, 3.63) is 42.5 Å². The van der Waals surface area contributed by atoms with Crippen LogP contribution < -0.4 is 4.74 Å². The summed E-state index contributed by atoms with van der Waals surface area (Å²) in [5.74, 6) is 1.11. The third-order valence-electron chi connectivity index (χ3n) is 3.06. The third-order valence-corrected chi connectivity index (χ3v) is 3.06. The highest BCUT2D eigenvalue weighted by molar-refractivity contribution is 5.77. The van der Waals surface area contributed by atoms with Crippen LogP contribution in [0.2, 0.25) is 0 Å². The summed E-state index contributed by atoms with van der Waals surface area (Å²) in [6.45, 7) is 6.40. The summed E-state index contributed by atoms with van der Waals surface area (Å²) < 4.78 is 10.4. The second-order valence-electron chi connectivity index (χ2n) is 4.37. The number of esters is 1. The highest BCUT2D eigenvalue weighted by Crippen LogP contribution is 2.48. The topological polar surface area (TPSA) is 35.5 Å². The maximum Gasteiger partial charge on any atom is 0.309 e. The highest BCUT2D eigenvalue weighted by atomic mass is 16.5. The van der Waals surface area contributed by atoms with E-state index in [0.29, 0.717) is 19.1 Å². The van der Waals surface area contributed by atoms with Crippen LogP contribution in [0.1, 0.15) is 24.8 Å². The number of hydrogen-bond donors (Lipinski definition) is 0. The summed E-state index contributed by atoms with van der Waals surface area (Å²) >= 11 is 0. The Morgan fingerprint density at radius 1 is 1.44 bits per heavy atom. The van der Waals surface area contributed by atoms with Crippen molar-refractivity contribution in [2.24, 2.45) is 5.92 Å². The minimum Gasteiger partial charge on any atom is -0.490 e. The van der Waals surface area contributed by atoms with Crippen molar-refractivity contribution in [1.29, 1.82) is 0 Å². The molecule has 1 aliphatic rings. The van der Waals surface area contributed by atoms with E-state index in [1.165, 1.54) is 5.56 Å². The first kappa shape index (κ1) is 12.7. The van der Waals surface area contributed by atoms with E-state index in [-0.39, 0.29) is 11.9 Å². The lowest BCUT2D eigenvalue weighted by Crippen LogP contribution is -2.07. The molecule has 96 valence electrons. The highest BCUT2D eigenvalue weighted by Gasteiger charge is 2.44.